The number of hydrogen-bond donors (Lipinski definition) is 0. The molecule has 86 valence electrons. The van der Waals surface area contributed by atoms with Crippen molar-refractivity contribution in [3.63, 3.8) is 0 Å². The van der Waals surface area contributed by atoms with Crippen LogP contribution in [0.15, 0.2) is 24.3 Å². The zero-order valence-corrected chi connectivity index (χ0v) is 9.77. The van der Waals surface area contributed by atoms with E-state index in [0.29, 0.717) is 0 Å². The largest absolute Gasteiger partial charge is 0.375 e. The lowest BCUT2D eigenvalue weighted by Gasteiger charge is -2.35. The summed E-state index contributed by atoms with van der Waals surface area (Å²) in [5.41, 5.74) is 2.62. The van der Waals surface area contributed by atoms with Crippen LogP contribution in [0.3, 0.4) is 0 Å². The molecule has 1 aromatic rings. The first-order valence-electron chi connectivity index (χ1n) is 5.60. The molecule has 3 heteroatoms. The maximum absolute atomic E-state index is 11.8. The molecule has 1 aromatic carbocycles. The van der Waals surface area contributed by atoms with Crippen molar-refractivity contribution in [3.05, 3.63) is 35.4 Å². The first-order chi connectivity index (χ1) is 7.74. The molecule has 1 aliphatic heterocycles. The van der Waals surface area contributed by atoms with Crippen molar-refractivity contribution in [1.82, 2.24) is 4.90 Å². The number of benzene rings is 1. The molecule has 0 saturated heterocycles. The van der Waals surface area contributed by atoms with Gasteiger partial charge in [-0.1, -0.05) is 24.3 Å². The van der Waals surface area contributed by atoms with Crippen molar-refractivity contribution in [3.8, 4) is 0 Å². The van der Waals surface area contributed by atoms with Gasteiger partial charge < -0.3 is 9.64 Å². The predicted octanol–water partition coefficient (Wildman–Crippen LogP) is 1.78. The molecule has 1 atom stereocenters. The van der Waals surface area contributed by atoms with Gasteiger partial charge in [-0.2, -0.15) is 0 Å². The summed E-state index contributed by atoms with van der Waals surface area (Å²) in [6.07, 6.45) is 0.940. The van der Waals surface area contributed by atoms with Crippen molar-refractivity contribution in [2.75, 3.05) is 20.3 Å². The van der Waals surface area contributed by atoms with Crippen LogP contribution in [0.2, 0.25) is 0 Å². The quantitative estimate of drug-likeness (QED) is 0.758. The summed E-state index contributed by atoms with van der Waals surface area (Å²) in [7, 11) is 1.56. The number of carbonyl (C=O) groups is 1. The molecule has 0 aliphatic carbocycles. The van der Waals surface area contributed by atoms with Crippen LogP contribution in [0.25, 0.3) is 0 Å². The summed E-state index contributed by atoms with van der Waals surface area (Å²) in [6.45, 7) is 3.04. The van der Waals surface area contributed by atoms with E-state index < -0.39 is 0 Å². The highest BCUT2D eigenvalue weighted by Gasteiger charge is 2.26. The number of fused-ring (bicyclic) bond motifs is 1. The van der Waals surface area contributed by atoms with Gasteiger partial charge in [-0.25, -0.2) is 0 Å². The smallest absolute Gasteiger partial charge is 0.249 e. The molecule has 0 spiro atoms. The van der Waals surface area contributed by atoms with Gasteiger partial charge in [0.2, 0.25) is 5.91 Å². The molecule has 0 radical (unpaired) electrons. The van der Waals surface area contributed by atoms with E-state index in [2.05, 4.69) is 25.1 Å². The molecule has 0 unspecified atom stereocenters. The monoisotopic (exact) mass is 219 g/mol. The van der Waals surface area contributed by atoms with E-state index >= 15 is 0 Å². The van der Waals surface area contributed by atoms with E-state index in [-0.39, 0.29) is 18.6 Å². The second-order valence-electron chi connectivity index (χ2n) is 4.14. The van der Waals surface area contributed by atoms with Crippen molar-refractivity contribution in [2.24, 2.45) is 0 Å². The molecule has 0 saturated carbocycles. The van der Waals surface area contributed by atoms with Gasteiger partial charge in [0.15, 0.2) is 0 Å². The van der Waals surface area contributed by atoms with Crippen LogP contribution in [0.5, 0.6) is 0 Å². The van der Waals surface area contributed by atoms with Gasteiger partial charge in [0.1, 0.15) is 6.61 Å². The minimum absolute atomic E-state index is 0.0736. The average molecular weight is 219 g/mol. The van der Waals surface area contributed by atoms with Crippen molar-refractivity contribution in [1.29, 1.82) is 0 Å². The molecule has 0 aromatic heterocycles. The van der Waals surface area contributed by atoms with Crippen LogP contribution in [0, 0.1) is 0 Å². The van der Waals surface area contributed by atoms with E-state index in [1.807, 2.05) is 11.0 Å². The summed E-state index contributed by atoms with van der Waals surface area (Å²) in [4.78, 5) is 13.7. The molecule has 1 heterocycles. The normalized spacial score (nSPS) is 19.4. The number of rotatable bonds is 2. The Morgan fingerprint density at radius 2 is 2.25 bits per heavy atom. The van der Waals surface area contributed by atoms with Gasteiger partial charge in [0, 0.05) is 13.7 Å². The fraction of sp³-hybridized carbons (Fsp3) is 0.462. The molecule has 2 rings (SSSR count). The Morgan fingerprint density at radius 1 is 1.50 bits per heavy atom. The van der Waals surface area contributed by atoms with Crippen LogP contribution in [-0.2, 0) is 16.0 Å². The van der Waals surface area contributed by atoms with Crippen LogP contribution in [0.4, 0.5) is 0 Å². The Kier molecular flexibility index (Phi) is 3.25. The number of methoxy groups -OCH3 is 1. The predicted molar refractivity (Wildman–Crippen MR) is 62.2 cm³/mol. The summed E-state index contributed by atoms with van der Waals surface area (Å²) in [6, 6.07) is 8.49. The minimum Gasteiger partial charge on any atom is -0.375 e. The number of carbonyl (C=O) groups excluding carboxylic acids is 1. The first kappa shape index (κ1) is 11.1. The SMILES string of the molecule is COCC(=O)N1CCc2ccccc2[C@H]1C. The zero-order chi connectivity index (χ0) is 11.5. The van der Waals surface area contributed by atoms with Crippen molar-refractivity contribution < 1.29 is 9.53 Å². The maximum atomic E-state index is 11.8. The highest BCUT2D eigenvalue weighted by atomic mass is 16.5. The van der Waals surface area contributed by atoms with Gasteiger partial charge in [-0.05, 0) is 24.5 Å². The number of amides is 1. The third-order valence-corrected chi connectivity index (χ3v) is 3.18. The maximum Gasteiger partial charge on any atom is 0.249 e. The second-order valence-corrected chi connectivity index (χ2v) is 4.14. The first-order valence-corrected chi connectivity index (χ1v) is 5.60. The molecule has 1 aliphatic rings. The fourth-order valence-corrected chi connectivity index (χ4v) is 2.32. The highest BCUT2D eigenvalue weighted by molar-refractivity contribution is 5.78. The van der Waals surface area contributed by atoms with E-state index in [0.717, 1.165) is 13.0 Å². The Morgan fingerprint density at radius 3 is 3.00 bits per heavy atom. The van der Waals surface area contributed by atoms with Gasteiger partial charge in [0.05, 0.1) is 6.04 Å². The molecular weight excluding hydrogens is 202 g/mol. The minimum atomic E-state index is 0.0736. The molecule has 0 bridgehead atoms. The molecule has 3 nitrogen and oxygen atoms in total. The lowest BCUT2D eigenvalue weighted by Crippen LogP contribution is -2.40. The number of nitrogens with zero attached hydrogens (tertiary/aromatic N) is 1. The Bertz CT molecular complexity index is 389. The Hall–Kier alpha value is -1.35. The molecule has 0 fully saturated rings. The topological polar surface area (TPSA) is 29.5 Å². The third kappa shape index (κ3) is 1.95. The Balaban J connectivity index is 2.21. The van der Waals surface area contributed by atoms with Crippen LogP contribution in [0.1, 0.15) is 24.1 Å². The highest BCUT2D eigenvalue weighted by Crippen LogP contribution is 2.28. The standard InChI is InChI=1S/C13H17NO2/c1-10-12-6-4-3-5-11(12)7-8-14(10)13(15)9-16-2/h3-6,10H,7-9H2,1-2H3/t10-/m1/s1. The van der Waals surface area contributed by atoms with Crippen molar-refractivity contribution in [2.45, 2.75) is 19.4 Å². The summed E-state index contributed by atoms with van der Waals surface area (Å²) >= 11 is 0. The molecular formula is C13H17NO2. The van der Waals surface area contributed by atoms with E-state index in [4.69, 9.17) is 4.74 Å². The number of hydrogen-bond acceptors (Lipinski definition) is 2. The third-order valence-electron chi connectivity index (χ3n) is 3.18. The fourth-order valence-electron chi connectivity index (χ4n) is 2.32. The molecule has 1 amide bonds. The average Bonchev–Trinajstić information content (AvgIpc) is 2.30. The van der Waals surface area contributed by atoms with Gasteiger partial charge >= 0.3 is 0 Å². The summed E-state index contributed by atoms with van der Waals surface area (Å²) in [5.74, 6) is 0.0736. The van der Waals surface area contributed by atoms with Crippen LogP contribution >= 0.6 is 0 Å². The second kappa shape index (κ2) is 4.66. The lowest BCUT2D eigenvalue weighted by atomic mass is 9.93. The van der Waals surface area contributed by atoms with E-state index in [1.165, 1.54) is 11.1 Å². The van der Waals surface area contributed by atoms with Gasteiger partial charge in [-0.3, -0.25) is 4.79 Å². The lowest BCUT2D eigenvalue weighted by molar-refractivity contribution is -0.137. The van der Waals surface area contributed by atoms with Gasteiger partial charge in [0.25, 0.3) is 0 Å². The van der Waals surface area contributed by atoms with Crippen LogP contribution in [-0.4, -0.2) is 31.1 Å². The van der Waals surface area contributed by atoms with E-state index in [9.17, 15) is 4.79 Å². The van der Waals surface area contributed by atoms with E-state index in [1.54, 1.807) is 7.11 Å². The summed E-state index contributed by atoms with van der Waals surface area (Å²) < 4.78 is 4.90. The van der Waals surface area contributed by atoms with Crippen molar-refractivity contribution >= 4 is 5.91 Å². The molecule has 16 heavy (non-hydrogen) atoms. The zero-order valence-electron chi connectivity index (χ0n) is 9.77. The Labute approximate surface area is 96.0 Å². The summed E-state index contributed by atoms with van der Waals surface area (Å²) in [5, 5.41) is 0. The number of ether oxygens (including phenoxy) is 1. The van der Waals surface area contributed by atoms with Gasteiger partial charge in [-0.15, -0.1) is 0 Å². The van der Waals surface area contributed by atoms with Crippen LogP contribution < -0.4 is 0 Å². The molecule has 0 N–H and O–H groups in total.